The summed E-state index contributed by atoms with van der Waals surface area (Å²) in [6, 6.07) is 0. The van der Waals surface area contributed by atoms with Gasteiger partial charge in [0.1, 0.15) is 13.2 Å². The van der Waals surface area contributed by atoms with Gasteiger partial charge in [0.15, 0.2) is 6.10 Å². The Balaban J connectivity index is 4.48. The predicted octanol–water partition coefficient (Wildman–Crippen LogP) is 10.9. The lowest BCUT2D eigenvalue weighted by molar-refractivity contribution is -0.161. The van der Waals surface area contributed by atoms with E-state index >= 15 is 0 Å². The Kier molecular flexibility index (Phi) is 38.3. The molecule has 320 valence electrons. The number of hydrogen-bond donors (Lipinski definition) is 2. The van der Waals surface area contributed by atoms with Crippen LogP contribution in [0, 0.1) is 0 Å². The van der Waals surface area contributed by atoms with Crippen LogP contribution in [-0.2, 0) is 42.1 Å². The van der Waals surface area contributed by atoms with Crippen LogP contribution in [-0.4, -0.2) is 75.7 Å². The number of amides is 1. The number of nitrogens with one attached hydrogen (secondary N) is 1. The SMILES string of the molecule is CCCCCCCCCCCCCCCC(=O)OCC(COP(=O)(O)OCCNC(=O)OCCOC)OC(=O)CCCCCCCCCCCCCCC. The molecule has 0 fully saturated rings. The third-order valence-corrected chi connectivity index (χ3v) is 10.3. The number of phosphoric acid groups is 1. The van der Waals surface area contributed by atoms with E-state index in [2.05, 4.69) is 19.2 Å². The van der Waals surface area contributed by atoms with Crippen molar-refractivity contribution in [2.45, 2.75) is 200 Å². The Hall–Kier alpha value is -1.72. The maximum Gasteiger partial charge on any atom is 0.472 e. The molecule has 12 nitrogen and oxygen atoms in total. The molecule has 2 N–H and O–H groups in total. The summed E-state index contributed by atoms with van der Waals surface area (Å²) >= 11 is 0. The molecule has 0 bridgehead atoms. The average Bonchev–Trinajstić information content (AvgIpc) is 3.15. The number of carbonyl (C=O) groups excluding carboxylic acids is 3. The number of methoxy groups -OCH3 is 1. The highest BCUT2D eigenvalue weighted by Gasteiger charge is 2.26. The second-order valence-corrected chi connectivity index (χ2v) is 15.9. The first kappa shape index (κ1) is 52.3. The third-order valence-electron chi connectivity index (χ3n) is 9.27. The lowest BCUT2D eigenvalue weighted by atomic mass is 10.0. The molecule has 0 spiro atoms. The number of esters is 2. The van der Waals surface area contributed by atoms with E-state index in [4.69, 9.17) is 28.0 Å². The van der Waals surface area contributed by atoms with Crippen molar-refractivity contribution in [2.24, 2.45) is 0 Å². The van der Waals surface area contributed by atoms with E-state index < -0.39 is 38.6 Å². The molecule has 0 aliphatic rings. The Labute approximate surface area is 328 Å². The topological polar surface area (TPSA) is 156 Å². The Morgan fingerprint density at radius 1 is 0.537 bits per heavy atom. The van der Waals surface area contributed by atoms with E-state index in [1.54, 1.807) is 0 Å². The molecule has 0 aromatic heterocycles. The summed E-state index contributed by atoms with van der Waals surface area (Å²) in [5, 5.41) is 2.38. The second-order valence-electron chi connectivity index (χ2n) is 14.4. The summed E-state index contributed by atoms with van der Waals surface area (Å²) in [6.45, 7) is 3.55. The van der Waals surface area contributed by atoms with Crippen LogP contribution in [0.2, 0.25) is 0 Å². The highest BCUT2D eigenvalue weighted by molar-refractivity contribution is 7.47. The quantitative estimate of drug-likeness (QED) is 0.0263. The minimum absolute atomic E-state index is 0.0637. The van der Waals surface area contributed by atoms with E-state index in [9.17, 15) is 23.8 Å². The summed E-state index contributed by atoms with van der Waals surface area (Å²) in [5.41, 5.74) is 0. The van der Waals surface area contributed by atoms with Crippen molar-refractivity contribution in [3.8, 4) is 0 Å². The summed E-state index contributed by atoms with van der Waals surface area (Å²) in [5.74, 6) is -0.897. The van der Waals surface area contributed by atoms with Gasteiger partial charge in [0.2, 0.25) is 0 Å². The molecule has 2 atom stereocenters. The van der Waals surface area contributed by atoms with Crippen LogP contribution in [0.5, 0.6) is 0 Å². The van der Waals surface area contributed by atoms with Crippen molar-refractivity contribution in [3.63, 3.8) is 0 Å². The van der Waals surface area contributed by atoms with Crippen LogP contribution >= 0.6 is 7.82 Å². The predicted molar refractivity (Wildman–Crippen MR) is 214 cm³/mol. The Morgan fingerprint density at radius 3 is 1.41 bits per heavy atom. The molecule has 0 heterocycles. The van der Waals surface area contributed by atoms with Crippen LogP contribution < -0.4 is 5.32 Å². The van der Waals surface area contributed by atoms with Crippen molar-refractivity contribution < 1.29 is 51.8 Å². The fourth-order valence-electron chi connectivity index (χ4n) is 5.99. The van der Waals surface area contributed by atoms with Gasteiger partial charge in [-0.2, -0.15) is 0 Å². The zero-order chi connectivity index (χ0) is 39.8. The molecule has 0 radical (unpaired) electrons. The molecule has 2 unspecified atom stereocenters. The molecule has 13 heteroatoms. The van der Waals surface area contributed by atoms with Crippen molar-refractivity contribution in [1.82, 2.24) is 5.32 Å². The van der Waals surface area contributed by atoms with Crippen molar-refractivity contribution in [1.29, 1.82) is 0 Å². The van der Waals surface area contributed by atoms with Gasteiger partial charge in [0, 0.05) is 26.5 Å². The summed E-state index contributed by atoms with van der Waals surface area (Å²) in [7, 11) is -3.09. The van der Waals surface area contributed by atoms with Crippen LogP contribution in [0.1, 0.15) is 194 Å². The number of alkyl carbamates (subject to hydrolysis) is 1. The lowest BCUT2D eigenvalue weighted by Gasteiger charge is -2.20. The standard InChI is InChI=1S/C41H80NO11P/c1-4-6-8-10-12-14-16-18-20-22-24-26-28-30-39(43)50-36-38(37-52-54(46,47)51-33-32-42-41(45)49-35-34-48-3)53-40(44)31-29-27-25-23-21-19-17-15-13-11-9-7-5-2/h38H,4-37H2,1-3H3,(H,42,45)(H,46,47). The number of phosphoric ester groups is 1. The van der Waals surface area contributed by atoms with Crippen molar-refractivity contribution in [3.05, 3.63) is 0 Å². The Morgan fingerprint density at radius 2 is 0.963 bits per heavy atom. The molecular formula is C41H80NO11P. The number of ether oxygens (including phenoxy) is 4. The molecule has 0 rings (SSSR count). The zero-order valence-corrected chi connectivity index (χ0v) is 35.5. The van der Waals surface area contributed by atoms with Gasteiger partial charge in [0.25, 0.3) is 0 Å². The van der Waals surface area contributed by atoms with E-state index in [1.807, 2.05) is 0 Å². The molecule has 0 aliphatic carbocycles. The molecule has 0 aliphatic heterocycles. The first-order valence-electron chi connectivity index (χ1n) is 21.6. The zero-order valence-electron chi connectivity index (χ0n) is 34.6. The maximum absolute atomic E-state index is 12.7. The van der Waals surface area contributed by atoms with Gasteiger partial charge in [-0.05, 0) is 12.8 Å². The fourth-order valence-corrected chi connectivity index (χ4v) is 6.74. The molecule has 0 saturated heterocycles. The number of hydrogen-bond acceptors (Lipinski definition) is 10. The highest BCUT2D eigenvalue weighted by Crippen LogP contribution is 2.43. The van der Waals surface area contributed by atoms with Crippen molar-refractivity contribution in [2.75, 3.05) is 46.7 Å². The van der Waals surface area contributed by atoms with Gasteiger partial charge in [-0.15, -0.1) is 0 Å². The number of unbranched alkanes of at least 4 members (excludes halogenated alkanes) is 24. The minimum atomic E-state index is -4.56. The fraction of sp³-hybridized carbons (Fsp3) is 0.927. The minimum Gasteiger partial charge on any atom is -0.462 e. The van der Waals surface area contributed by atoms with Crippen LogP contribution in [0.4, 0.5) is 4.79 Å². The van der Waals surface area contributed by atoms with Gasteiger partial charge in [0.05, 0.1) is 19.8 Å². The summed E-state index contributed by atoms with van der Waals surface area (Å²) < 4.78 is 43.0. The molecule has 0 aromatic carbocycles. The number of carbonyl (C=O) groups is 3. The van der Waals surface area contributed by atoms with Crippen LogP contribution in [0.15, 0.2) is 0 Å². The molecule has 0 aromatic rings. The van der Waals surface area contributed by atoms with Gasteiger partial charge in [-0.25, -0.2) is 9.36 Å². The average molecular weight is 794 g/mol. The van der Waals surface area contributed by atoms with E-state index in [-0.39, 0.29) is 45.8 Å². The van der Waals surface area contributed by atoms with E-state index in [0.29, 0.717) is 12.8 Å². The number of rotatable bonds is 41. The Bertz CT molecular complexity index is 924. The van der Waals surface area contributed by atoms with E-state index in [0.717, 1.165) is 38.5 Å². The van der Waals surface area contributed by atoms with Gasteiger partial charge < -0.3 is 29.2 Å². The van der Waals surface area contributed by atoms with E-state index in [1.165, 1.54) is 123 Å². The summed E-state index contributed by atoms with van der Waals surface area (Å²) in [6.07, 6.45) is 29.8. The first-order chi connectivity index (χ1) is 26.2. The van der Waals surface area contributed by atoms with Gasteiger partial charge >= 0.3 is 25.9 Å². The normalized spacial score (nSPS) is 13.0. The van der Waals surface area contributed by atoms with Crippen LogP contribution in [0.3, 0.4) is 0 Å². The first-order valence-corrected chi connectivity index (χ1v) is 23.1. The molecule has 0 saturated carbocycles. The summed E-state index contributed by atoms with van der Waals surface area (Å²) in [4.78, 5) is 46.9. The smallest absolute Gasteiger partial charge is 0.462 e. The van der Waals surface area contributed by atoms with Gasteiger partial charge in [-0.3, -0.25) is 18.6 Å². The molecular weight excluding hydrogens is 713 g/mol. The largest absolute Gasteiger partial charge is 0.472 e. The van der Waals surface area contributed by atoms with Crippen LogP contribution in [0.25, 0.3) is 0 Å². The van der Waals surface area contributed by atoms with Crippen molar-refractivity contribution >= 4 is 25.9 Å². The second kappa shape index (κ2) is 39.5. The van der Waals surface area contributed by atoms with Gasteiger partial charge in [-0.1, -0.05) is 168 Å². The molecule has 1 amide bonds. The maximum atomic E-state index is 12.7. The highest BCUT2D eigenvalue weighted by atomic mass is 31.2. The lowest BCUT2D eigenvalue weighted by Crippen LogP contribution is -2.30. The molecule has 54 heavy (non-hydrogen) atoms. The third kappa shape index (κ3) is 38.6. The monoisotopic (exact) mass is 794 g/mol.